The number of carboxylic acid groups (broad SMARTS) is 1. The SMILES string of the molecule is CC(C)[C@H](Nc1ccc(C(=O)NC2CC2)cc1[N+](=O)[O-])C(=O)O. The number of anilines is 1. The molecule has 1 aliphatic carbocycles. The fraction of sp³-hybridized carbons (Fsp3) is 0.467. The number of nitrogens with one attached hydrogen (secondary N) is 2. The van der Waals surface area contributed by atoms with Gasteiger partial charge in [0.25, 0.3) is 11.6 Å². The van der Waals surface area contributed by atoms with Crippen molar-refractivity contribution in [2.75, 3.05) is 5.32 Å². The number of aliphatic carboxylic acids is 1. The fourth-order valence-corrected chi connectivity index (χ4v) is 2.12. The van der Waals surface area contributed by atoms with Gasteiger partial charge in [0.15, 0.2) is 0 Å². The van der Waals surface area contributed by atoms with E-state index in [2.05, 4.69) is 10.6 Å². The van der Waals surface area contributed by atoms with Crippen molar-refractivity contribution in [3.8, 4) is 0 Å². The van der Waals surface area contributed by atoms with E-state index in [9.17, 15) is 24.8 Å². The predicted molar refractivity (Wildman–Crippen MR) is 83.5 cm³/mol. The average Bonchev–Trinajstić information content (AvgIpc) is 3.27. The van der Waals surface area contributed by atoms with Gasteiger partial charge in [0.1, 0.15) is 11.7 Å². The molecule has 2 rings (SSSR count). The number of carbonyl (C=O) groups is 2. The molecule has 3 N–H and O–H groups in total. The van der Waals surface area contributed by atoms with Gasteiger partial charge >= 0.3 is 5.97 Å². The van der Waals surface area contributed by atoms with Gasteiger partial charge in [-0.15, -0.1) is 0 Å². The molecule has 0 aromatic heterocycles. The molecule has 124 valence electrons. The first kappa shape index (κ1) is 16.7. The van der Waals surface area contributed by atoms with Gasteiger partial charge in [-0.3, -0.25) is 14.9 Å². The van der Waals surface area contributed by atoms with E-state index in [-0.39, 0.29) is 34.8 Å². The molecule has 0 heterocycles. The Morgan fingerprint density at radius 2 is 2.00 bits per heavy atom. The Morgan fingerprint density at radius 3 is 2.48 bits per heavy atom. The lowest BCUT2D eigenvalue weighted by Crippen LogP contribution is -2.34. The quantitative estimate of drug-likeness (QED) is 0.521. The molecule has 8 heteroatoms. The van der Waals surface area contributed by atoms with Crippen LogP contribution in [-0.2, 0) is 4.79 Å². The molecule has 1 aromatic carbocycles. The van der Waals surface area contributed by atoms with E-state index >= 15 is 0 Å². The molecule has 0 unspecified atom stereocenters. The van der Waals surface area contributed by atoms with Crippen molar-refractivity contribution < 1.29 is 19.6 Å². The molecular weight excluding hydrogens is 302 g/mol. The zero-order valence-corrected chi connectivity index (χ0v) is 12.9. The zero-order valence-electron chi connectivity index (χ0n) is 12.9. The minimum Gasteiger partial charge on any atom is -0.480 e. The smallest absolute Gasteiger partial charge is 0.326 e. The van der Waals surface area contributed by atoms with Gasteiger partial charge in [0.05, 0.1) is 4.92 Å². The number of amides is 1. The van der Waals surface area contributed by atoms with E-state index in [0.29, 0.717) is 0 Å². The monoisotopic (exact) mass is 321 g/mol. The normalized spacial score (nSPS) is 15.1. The lowest BCUT2D eigenvalue weighted by Gasteiger charge is -2.19. The third-order valence-electron chi connectivity index (χ3n) is 3.61. The summed E-state index contributed by atoms with van der Waals surface area (Å²) in [4.78, 5) is 33.8. The van der Waals surface area contributed by atoms with Crippen LogP contribution in [0.2, 0.25) is 0 Å². The first-order valence-electron chi connectivity index (χ1n) is 7.38. The first-order chi connectivity index (χ1) is 10.8. The molecule has 23 heavy (non-hydrogen) atoms. The van der Waals surface area contributed by atoms with Crippen molar-refractivity contribution in [3.05, 3.63) is 33.9 Å². The first-order valence-corrected chi connectivity index (χ1v) is 7.38. The second-order valence-electron chi connectivity index (χ2n) is 5.94. The van der Waals surface area contributed by atoms with Gasteiger partial charge in [-0.1, -0.05) is 13.8 Å². The van der Waals surface area contributed by atoms with Crippen molar-refractivity contribution in [1.82, 2.24) is 5.32 Å². The molecule has 1 aromatic rings. The minimum atomic E-state index is -1.09. The van der Waals surface area contributed by atoms with Crippen LogP contribution < -0.4 is 10.6 Å². The summed E-state index contributed by atoms with van der Waals surface area (Å²) in [5.74, 6) is -1.71. The second-order valence-corrected chi connectivity index (χ2v) is 5.94. The number of hydrogen-bond acceptors (Lipinski definition) is 5. The number of carboxylic acids is 1. The Morgan fingerprint density at radius 1 is 1.35 bits per heavy atom. The van der Waals surface area contributed by atoms with Crippen molar-refractivity contribution in [3.63, 3.8) is 0 Å². The summed E-state index contributed by atoms with van der Waals surface area (Å²) >= 11 is 0. The molecule has 0 radical (unpaired) electrons. The molecule has 8 nitrogen and oxygen atoms in total. The van der Waals surface area contributed by atoms with E-state index in [4.69, 9.17) is 0 Å². The number of nitrogens with zero attached hydrogens (tertiary/aromatic N) is 1. The Hall–Kier alpha value is -2.64. The summed E-state index contributed by atoms with van der Waals surface area (Å²) in [7, 11) is 0. The highest BCUT2D eigenvalue weighted by Crippen LogP contribution is 2.28. The predicted octanol–water partition coefficient (Wildman–Crippen LogP) is 2.01. The summed E-state index contributed by atoms with van der Waals surface area (Å²) in [6.07, 6.45) is 1.84. The van der Waals surface area contributed by atoms with Crippen LogP contribution in [-0.4, -0.2) is 34.0 Å². The maximum absolute atomic E-state index is 12.0. The summed E-state index contributed by atoms with van der Waals surface area (Å²) in [6, 6.07) is 3.18. The number of rotatable bonds is 7. The maximum atomic E-state index is 12.0. The fourth-order valence-electron chi connectivity index (χ4n) is 2.12. The highest BCUT2D eigenvalue weighted by Gasteiger charge is 2.27. The largest absolute Gasteiger partial charge is 0.480 e. The molecule has 0 spiro atoms. The molecule has 1 atom stereocenters. The van der Waals surface area contributed by atoms with Crippen LogP contribution in [0.15, 0.2) is 18.2 Å². The molecule has 1 saturated carbocycles. The summed E-state index contributed by atoms with van der Waals surface area (Å²) in [5.41, 5.74) is -0.0509. The maximum Gasteiger partial charge on any atom is 0.326 e. The lowest BCUT2D eigenvalue weighted by molar-refractivity contribution is -0.384. The van der Waals surface area contributed by atoms with Crippen LogP contribution >= 0.6 is 0 Å². The van der Waals surface area contributed by atoms with E-state index in [1.165, 1.54) is 18.2 Å². The lowest BCUT2D eigenvalue weighted by atomic mass is 10.0. The third-order valence-corrected chi connectivity index (χ3v) is 3.61. The van der Waals surface area contributed by atoms with Crippen molar-refractivity contribution in [1.29, 1.82) is 0 Å². The van der Waals surface area contributed by atoms with Crippen LogP contribution in [0.5, 0.6) is 0 Å². The van der Waals surface area contributed by atoms with Gasteiger partial charge in [0, 0.05) is 17.7 Å². The molecular formula is C15H19N3O5. The number of carbonyl (C=O) groups excluding carboxylic acids is 1. The van der Waals surface area contributed by atoms with Crippen molar-refractivity contribution >= 4 is 23.3 Å². The van der Waals surface area contributed by atoms with Crippen LogP contribution in [0, 0.1) is 16.0 Å². The minimum absolute atomic E-state index is 0.0825. The summed E-state index contributed by atoms with van der Waals surface area (Å²) in [6.45, 7) is 3.41. The van der Waals surface area contributed by atoms with Crippen LogP contribution in [0.4, 0.5) is 11.4 Å². The Labute approximate surface area is 133 Å². The highest BCUT2D eigenvalue weighted by atomic mass is 16.6. The second kappa shape index (κ2) is 6.64. The van der Waals surface area contributed by atoms with Crippen molar-refractivity contribution in [2.45, 2.75) is 38.8 Å². The summed E-state index contributed by atoms with van der Waals surface area (Å²) in [5, 5.41) is 25.9. The van der Waals surface area contributed by atoms with Gasteiger partial charge in [-0.25, -0.2) is 4.79 Å². The zero-order chi connectivity index (χ0) is 17.1. The van der Waals surface area contributed by atoms with E-state index < -0.39 is 16.9 Å². The van der Waals surface area contributed by atoms with Crippen LogP contribution in [0.1, 0.15) is 37.0 Å². The number of nitro benzene ring substituents is 1. The van der Waals surface area contributed by atoms with Gasteiger partial charge in [-0.2, -0.15) is 0 Å². The third kappa shape index (κ3) is 4.18. The highest BCUT2D eigenvalue weighted by molar-refractivity contribution is 5.96. The molecule has 0 saturated heterocycles. The molecule has 0 aliphatic heterocycles. The Bertz CT molecular complexity index is 640. The topological polar surface area (TPSA) is 122 Å². The van der Waals surface area contributed by atoms with Crippen LogP contribution in [0.25, 0.3) is 0 Å². The van der Waals surface area contributed by atoms with Gasteiger partial charge < -0.3 is 15.7 Å². The average molecular weight is 321 g/mol. The number of nitro groups is 1. The van der Waals surface area contributed by atoms with E-state index in [0.717, 1.165) is 12.8 Å². The summed E-state index contributed by atoms with van der Waals surface area (Å²) < 4.78 is 0. The molecule has 1 aliphatic rings. The van der Waals surface area contributed by atoms with Gasteiger partial charge in [-0.05, 0) is 30.9 Å². The van der Waals surface area contributed by atoms with E-state index in [1.807, 2.05) is 0 Å². The number of benzene rings is 1. The van der Waals surface area contributed by atoms with Crippen LogP contribution in [0.3, 0.4) is 0 Å². The molecule has 0 bridgehead atoms. The van der Waals surface area contributed by atoms with Gasteiger partial charge in [0.2, 0.25) is 0 Å². The molecule has 1 fully saturated rings. The Kier molecular flexibility index (Phi) is 4.83. The Balaban J connectivity index is 2.26. The van der Waals surface area contributed by atoms with Crippen molar-refractivity contribution in [2.24, 2.45) is 5.92 Å². The number of hydrogen-bond donors (Lipinski definition) is 3. The standard InChI is InChI=1S/C15H19N3O5/c1-8(2)13(15(20)21)17-11-6-3-9(7-12(11)18(22)23)14(19)16-10-4-5-10/h3,6-8,10,13,17H,4-5H2,1-2H3,(H,16,19)(H,20,21)/t13-/m0/s1. The molecule has 1 amide bonds. The van der Waals surface area contributed by atoms with E-state index in [1.54, 1.807) is 13.8 Å².